The van der Waals surface area contributed by atoms with Crippen molar-refractivity contribution in [2.45, 2.75) is 33.1 Å². The molecule has 4 heteroatoms. The number of aryl methyl sites for hydroxylation is 1. The number of fused-ring (bicyclic) bond motifs is 1. The maximum absolute atomic E-state index is 12.8. The van der Waals surface area contributed by atoms with Crippen LogP contribution in [0.2, 0.25) is 0 Å². The molecule has 0 radical (unpaired) electrons. The van der Waals surface area contributed by atoms with Crippen molar-refractivity contribution in [2.24, 2.45) is 5.92 Å². The highest BCUT2D eigenvalue weighted by Gasteiger charge is 2.23. The van der Waals surface area contributed by atoms with E-state index >= 15 is 0 Å². The normalized spacial score (nSPS) is 16.1. The number of esters is 2. The van der Waals surface area contributed by atoms with Gasteiger partial charge in [0.15, 0.2) is 0 Å². The van der Waals surface area contributed by atoms with Gasteiger partial charge in [0.2, 0.25) is 0 Å². The van der Waals surface area contributed by atoms with Crippen LogP contribution in [-0.4, -0.2) is 11.9 Å². The van der Waals surface area contributed by atoms with E-state index in [1.807, 2.05) is 56.3 Å². The van der Waals surface area contributed by atoms with Crippen LogP contribution in [0, 0.1) is 12.8 Å². The molecule has 0 spiro atoms. The number of hydrogen-bond acceptors (Lipinski definition) is 4. The summed E-state index contributed by atoms with van der Waals surface area (Å²) in [5.41, 5.74) is 2.56. The summed E-state index contributed by atoms with van der Waals surface area (Å²) < 4.78 is 11.5. The third-order valence-corrected chi connectivity index (χ3v) is 5.48. The first-order valence-corrected chi connectivity index (χ1v) is 10.2. The van der Waals surface area contributed by atoms with Crippen molar-refractivity contribution in [3.8, 4) is 11.5 Å². The average Bonchev–Trinajstić information content (AvgIpc) is 2.74. The Morgan fingerprint density at radius 2 is 1.57 bits per heavy atom. The standard InChI is InChI=1S/C26H24O4/c1-17-8-5-12-20(16-17)25(27)29-22-14-6-10-19-11-7-15-23(24(19)22)30-26(28)21-13-4-3-9-18(21)2/h3-4,6-7,9-11,13-16,20H,5,8,12H2,1-2H3. The minimum atomic E-state index is -0.437. The zero-order chi connectivity index (χ0) is 21.1. The Bertz CT molecular complexity index is 1140. The Hall–Kier alpha value is -3.40. The van der Waals surface area contributed by atoms with Crippen molar-refractivity contribution in [3.63, 3.8) is 0 Å². The summed E-state index contributed by atoms with van der Waals surface area (Å²) in [7, 11) is 0. The van der Waals surface area contributed by atoms with Gasteiger partial charge in [0, 0.05) is 0 Å². The Balaban J connectivity index is 1.67. The maximum atomic E-state index is 12.8. The molecule has 0 saturated carbocycles. The van der Waals surface area contributed by atoms with Crippen molar-refractivity contribution in [1.82, 2.24) is 0 Å². The molecule has 1 aliphatic rings. The van der Waals surface area contributed by atoms with Crippen LogP contribution in [0.3, 0.4) is 0 Å². The second kappa shape index (κ2) is 8.54. The number of hydrogen-bond donors (Lipinski definition) is 0. The lowest BCUT2D eigenvalue weighted by atomic mass is 9.91. The summed E-state index contributed by atoms with van der Waals surface area (Å²) in [5.74, 6) is -0.174. The van der Waals surface area contributed by atoms with Crippen LogP contribution in [0.25, 0.3) is 10.8 Å². The minimum absolute atomic E-state index is 0.240. The first-order valence-electron chi connectivity index (χ1n) is 10.2. The van der Waals surface area contributed by atoms with E-state index in [2.05, 4.69) is 0 Å². The molecule has 0 saturated heterocycles. The molecule has 1 unspecified atom stereocenters. The van der Waals surface area contributed by atoms with E-state index in [9.17, 15) is 9.59 Å². The number of benzene rings is 3. The number of carbonyl (C=O) groups is 2. The van der Waals surface area contributed by atoms with Crippen molar-refractivity contribution < 1.29 is 19.1 Å². The summed E-state index contributed by atoms with van der Waals surface area (Å²) in [5, 5.41) is 1.46. The average molecular weight is 400 g/mol. The Morgan fingerprint density at radius 3 is 2.27 bits per heavy atom. The first-order chi connectivity index (χ1) is 14.5. The summed E-state index contributed by atoms with van der Waals surface area (Å²) in [6, 6.07) is 18.2. The molecule has 3 aromatic carbocycles. The molecular weight excluding hydrogens is 376 g/mol. The monoisotopic (exact) mass is 400 g/mol. The lowest BCUT2D eigenvalue weighted by molar-refractivity contribution is -0.137. The van der Waals surface area contributed by atoms with Crippen molar-refractivity contribution in [3.05, 3.63) is 83.4 Å². The number of allylic oxidation sites excluding steroid dienone is 1. The molecule has 4 nitrogen and oxygen atoms in total. The predicted octanol–water partition coefficient (Wildman–Crippen LogP) is 6.02. The van der Waals surface area contributed by atoms with Gasteiger partial charge in [0.05, 0.1) is 16.9 Å². The third kappa shape index (κ3) is 4.13. The molecule has 0 aliphatic heterocycles. The molecule has 3 aromatic rings. The SMILES string of the molecule is CC1=CC(C(=O)Oc2cccc3cccc(OC(=O)c4ccccc4C)c23)CCC1. The lowest BCUT2D eigenvalue weighted by Crippen LogP contribution is -2.21. The second-order valence-electron chi connectivity index (χ2n) is 7.75. The van der Waals surface area contributed by atoms with E-state index in [4.69, 9.17) is 9.47 Å². The van der Waals surface area contributed by atoms with Gasteiger partial charge in [-0.05, 0) is 62.3 Å². The predicted molar refractivity (Wildman–Crippen MR) is 117 cm³/mol. The fourth-order valence-electron chi connectivity index (χ4n) is 3.88. The van der Waals surface area contributed by atoms with Gasteiger partial charge in [-0.1, -0.05) is 54.1 Å². The Labute approximate surface area is 176 Å². The molecule has 0 bridgehead atoms. The molecule has 0 N–H and O–H groups in total. The second-order valence-corrected chi connectivity index (χ2v) is 7.75. The van der Waals surface area contributed by atoms with Crippen LogP contribution in [0.15, 0.2) is 72.3 Å². The summed E-state index contributed by atoms with van der Waals surface area (Å²) in [6.45, 7) is 3.91. The van der Waals surface area contributed by atoms with E-state index in [1.165, 1.54) is 5.57 Å². The number of ether oxygens (including phenoxy) is 2. The summed E-state index contributed by atoms with van der Waals surface area (Å²) in [6.07, 6.45) is 4.79. The summed E-state index contributed by atoms with van der Waals surface area (Å²) in [4.78, 5) is 25.5. The van der Waals surface area contributed by atoms with Crippen molar-refractivity contribution in [1.29, 1.82) is 0 Å². The van der Waals surface area contributed by atoms with Crippen LogP contribution in [0.1, 0.15) is 42.1 Å². The van der Waals surface area contributed by atoms with Gasteiger partial charge in [-0.25, -0.2) is 4.79 Å². The van der Waals surface area contributed by atoms with Crippen molar-refractivity contribution in [2.75, 3.05) is 0 Å². The fourth-order valence-corrected chi connectivity index (χ4v) is 3.88. The lowest BCUT2D eigenvalue weighted by Gasteiger charge is -2.19. The minimum Gasteiger partial charge on any atom is -0.425 e. The van der Waals surface area contributed by atoms with Gasteiger partial charge in [-0.2, -0.15) is 0 Å². The maximum Gasteiger partial charge on any atom is 0.343 e. The molecule has 0 heterocycles. The van der Waals surface area contributed by atoms with Gasteiger partial charge < -0.3 is 9.47 Å². The molecule has 0 fully saturated rings. The molecule has 30 heavy (non-hydrogen) atoms. The highest BCUT2D eigenvalue weighted by molar-refractivity contribution is 5.99. The molecule has 0 amide bonds. The van der Waals surface area contributed by atoms with Gasteiger partial charge in [0.1, 0.15) is 11.5 Å². The molecule has 4 rings (SSSR count). The van der Waals surface area contributed by atoms with E-state index in [-0.39, 0.29) is 11.9 Å². The molecule has 1 aliphatic carbocycles. The van der Waals surface area contributed by atoms with Crippen LogP contribution < -0.4 is 9.47 Å². The van der Waals surface area contributed by atoms with Crippen LogP contribution in [0.4, 0.5) is 0 Å². The number of rotatable bonds is 4. The van der Waals surface area contributed by atoms with E-state index < -0.39 is 5.97 Å². The van der Waals surface area contributed by atoms with E-state index in [0.717, 1.165) is 30.2 Å². The van der Waals surface area contributed by atoms with Gasteiger partial charge in [-0.3, -0.25) is 4.79 Å². The Morgan fingerprint density at radius 1 is 0.867 bits per heavy atom. The first kappa shape index (κ1) is 19.9. The topological polar surface area (TPSA) is 52.6 Å². The van der Waals surface area contributed by atoms with E-state index in [1.54, 1.807) is 24.3 Å². The highest BCUT2D eigenvalue weighted by atomic mass is 16.5. The van der Waals surface area contributed by atoms with Crippen LogP contribution in [-0.2, 0) is 4.79 Å². The van der Waals surface area contributed by atoms with E-state index in [0.29, 0.717) is 22.4 Å². The fraction of sp³-hybridized carbons (Fsp3) is 0.231. The van der Waals surface area contributed by atoms with Crippen LogP contribution in [0.5, 0.6) is 11.5 Å². The zero-order valence-electron chi connectivity index (χ0n) is 17.2. The molecule has 1 atom stereocenters. The van der Waals surface area contributed by atoms with Gasteiger partial charge >= 0.3 is 11.9 Å². The highest BCUT2D eigenvalue weighted by Crippen LogP contribution is 2.35. The quantitative estimate of drug-likeness (QED) is 0.305. The largest absolute Gasteiger partial charge is 0.425 e. The number of carbonyl (C=O) groups excluding carboxylic acids is 2. The zero-order valence-corrected chi connectivity index (χ0v) is 17.2. The van der Waals surface area contributed by atoms with Gasteiger partial charge in [0.25, 0.3) is 0 Å². The molecular formula is C26H24O4. The third-order valence-electron chi connectivity index (χ3n) is 5.48. The molecule has 0 aromatic heterocycles. The summed E-state index contributed by atoms with van der Waals surface area (Å²) >= 11 is 0. The smallest absolute Gasteiger partial charge is 0.343 e. The van der Waals surface area contributed by atoms with Gasteiger partial charge in [-0.15, -0.1) is 0 Å². The Kier molecular flexibility index (Phi) is 5.66. The molecule has 152 valence electrons. The van der Waals surface area contributed by atoms with Crippen molar-refractivity contribution >= 4 is 22.7 Å². The van der Waals surface area contributed by atoms with Crippen LogP contribution >= 0.6 is 0 Å².